The van der Waals surface area contributed by atoms with Gasteiger partial charge in [0.15, 0.2) is 0 Å². The SMILES string of the molecule is C[C@@H](C(=O)NC(C)(C)C)N(Cc1ccc(Cl)cc1Cl)C(=O)CN(c1ccccc1Br)S(C)(=O)=O. The smallest absolute Gasteiger partial charge is 0.244 e. The summed E-state index contributed by atoms with van der Waals surface area (Å²) < 4.78 is 26.7. The van der Waals surface area contributed by atoms with Gasteiger partial charge in [-0.2, -0.15) is 0 Å². The van der Waals surface area contributed by atoms with Crippen LogP contribution in [0.15, 0.2) is 46.9 Å². The largest absolute Gasteiger partial charge is 0.350 e. The van der Waals surface area contributed by atoms with Crippen LogP contribution >= 0.6 is 39.1 Å². The minimum atomic E-state index is -3.82. The van der Waals surface area contributed by atoms with Gasteiger partial charge in [-0.25, -0.2) is 8.42 Å². The molecule has 2 amide bonds. The Kier molecular flexibility index (Phi) is 9.44. The number of anilines is 1. The molecule has 0 fully saturated rings. The molecule has 0 heterocycles. The maximum absolute atomic E-state index is 13.5. The van der Waals surface area contributed by atoms with Gasteiger partial charge in [-0.3, -0.25) is 13.9 Å². The molecule has 0 aliphatic rings. The Morgan fingerprint density at radius 1 is 1.12 bits per heavy atom. The highest BCUT2D eigenvalue weighted by Gasteiger charge is 2.32. The summed E-state index contributed by atoms with van der Waals surface area (Å²) in [5.41, 5.74) is 0.363. The fourth-order valence-electron chi connectivity index (χ4n) is 3.14. The van der Waals surface area contributed by atoms with Gasteiger partial charge in [-0.05, 0) is 73.5 Å². The molecule has 2 aromatic rings. The third-order valence-corrected chi connectivity index (χ3v) is 7.21. The van der Waals surface area contributed by atoms with Gasteiger partial charge in [0.1, 0.15) is 12.6 Å². The first kappa shape index (κ1) is 28.4. The van der Waals surface area contributed by atoms with Crippen molar-refractivity contribution in [3.8, 4) is 0 Å². The van der Waals surface area contributed by atoms with Crippen LogP contribution in [0.1, 0.15) is 33.3 Å². The van der Waals surface area contributed by atoms with Crippen LogP contribution in [0, 0.1) is 0 Å². The predicted molar refractivity (Wildman–Crippen MR) is 141 cm³/mol. The first-order valence-electron chi connectivity index (χ1n) is 10.4. The van der Waals surface area contributed by atoms with E-state index in [2.05, 4.69) is 21.2 Å². The fourth-order valence-corrected chi connectivity index (χ4v) is 5.08. The zero-order chi connectivity index (χ0) is 25.8. The van der Waals surface area contributed by atoms with Crippen LogP contribution in [-0.4, -0.2) is 49.5 Å². The topological polar surface area (TPSA) is 86.8 Å². The highest BCUT2D eigenvalue weighted by molar-refractivity contribution is 9.10. The minimum Gasteiger partial charge on any atom is -0.350 e. The third-order valence-electron chi connectivity index (χ3n) is 4.82. The van der Waals surface area contributed by atoms with Crippen molar-refractivity contribution in [3.05, 3.63) is 62.5 Å². The summed E-state index contributed by atoms with van der Waals surface area (Å²) in [6.07, 6.45) is 1.02. The molecule has 186 valence electrons. The average Bonchev–Trinajstić information content (AvgIpc) is 2.69. The zero-order valence-corrected chi connectivity index (χ0v) is 23.5. The summed E-state index contributed by atoms with van der Waals surface area (Å²) in [6.45, 7) is 6.57. The number of nitrogens with zero attached hydrogens (tertiary/aromatic N) is 2. The van der Waals surface area contributed by atoms with Crippen molar-refractivity contribution >= 4 is 66.7 Å². The van der Waals surface area contributed by atoms with E-state index in [4.69, 9.17) is 23.2 Å². The second-order valence-corrected chi connectivity index (χ2v) is 12.5. The lowest BCUT2D eigenvalue weighted by atomic mass is 10.1. The molecule has 2 rings (SSSR count). The number of para-hydroxylation sites is 1. The van der Waals surface area contributed by atoms with Crippen LogP contribution in [0.4, 0.5) is 5.69 Å². The van der Waals surface area contributed by atoms with Crippen molar-refractivity contribution in [2.75, 3.05) is 17.1 Å². The van der Waals surface area contributed by atoms with E-state index < -0.39 is 34.1 Å². The minimum absolute atomic E-state index is 0.0128. The Balaban J connectivity index is 2.46. The maximum Gasteiger partial charge on any atom is 0.244 e. The van der Waals surface area contributed by atoms with Gasteiger partial charge in [0.2, 0.25) is 21.8 Å². The molecule has 0 aliphatic heterocycles. The second-order valence-electron chi connectivity index (χ2n) is 8.89. The zero-order valence-electron chi connectivity index (χ0n) is 19.6. The predicted octanol–water partition coefficient (Wildman–Crippen LogP) is 4.85. The number of amides is 2. The Labute approximate surface area is 219 Å². The van der Waals surface area contributed by atoms with Crippen molar-refractivity contribution in [2.45, 2.75) is 45.8 Å². The quantitative estimate of drug-likeness (QED) is 0.474. The van der Waals surface area contributed by atoms with Gasteiger partial charge in [-0.15, -0.1) is 0 Å². The lowest BCUT2D eigenvalue weighted by Gasteiger charge is -2.33. The number of carbonyl (C=O) groups is 2. The van der Waals surface area contributed by atoms with E-state index in [1.165, 1.54) is 4.90 Å². The van der Waals surface area contributed by atoms with Crippen LogP contribution < -0.4 is 9.62 Å². The number of halogens is 3. The summed E-state index contributed by atoms with van der Waals surface area (Å²) in [7, 11) is -3.82. The first-order chi connectivity index (χ1) is 15.6. The van der Waals surface area contributed by atoms with Crippen molar-refractivity contribution in [1.82, 2.24) is 10.2 Å². The number of rotatable bonds is 8. The monoisotopic (exact) mass is 591 g/mol. The molecule has 0 saturated carbocycles. The molecule has 1 N–H and O–H groups in total. The van der Waals surface area contributed by atoms with E-state index >= 15 is 0 Å². The van der Waals surface area contributed by atoms with Gasteiger partial charge in [0.25, 0.3) is 0 Å². The van der Waals surface area contributed by atoms with Crippen LogP contribution in [0.2, 0.25) is 10.0 Å². The van der Waals surface area contributed by atoms with E-state index in [-0.39, 0.29) is 12.5 Å². The number of benzene rings is 2. The van der Waals surface area contributed by atoms with Gasteiger partial charge in [-0.1, -0.05) is 41.4 Å². The Morgan fingerprint density at radius 2 is 1.74 bits per heavy atom. The van der Waals surface area contributed by atoms with Gasteiger partial charge in [0.05, 0.1) is 11.9 Å². The average molecular weight is 593 g/mol. The number of hydrogen-bond acceptors (Lipinski definition) is 4. The molecule has 0 saturated heterocycles. The standard InChI is InChI=1S/C23H28BrCl2N3O4S/c1-15(22(31)27-23(2,3)4)28(13-16-10-11-17(25)12-19(16)26)21(30)14-29(34(5,32)33)20-9-7-6-8-18(20)24/h6-12,15H,13-14H2,1-5H3,(H,27,31)/t15-/m0/s1. The van der Waals surface area contributed by atoms with E-state index in [1.807, 2.05) is 20.8 Å². The summed E-state index contributed by atoms with van der Waals surface area (Å²) in [6, 6.07) is 10.6. The second kappa shape index (κ2) is 11.3. The molecule has 0 aromatic heterocycles. The number of sulfonamides is 1. The third kappa shape index (κ3) is 7.86. The van der Waals surface area contributed by atoms with Gasteiger partial charge >= 0.3 is 0 Å². The molecule has 0 spiro atoms. The van der Waals surface area contributed by atoms with E-state index in [9.17, 15) is 18.0 Å². The summed E-state index contributed by atoms with van der Waals surface area (Å²) >= 11 is 15.7. The van der Waals surface area contributed by atoms with Crippen LogP contribution in [0.3, 0.4) is 0 Å². The molecule has 0 unspecified atom stereocenters. The summed E-state index contributed by atoms with van der Waals surface area (Å²) in [5.74, 6) is -0.943. The van der Waals surface area contributed by atoms with E-state index in [0.717, 1.165) is 10.6 Å². The fraction of sp³-hybridized carbons (Fsp3) is 0.391. The number of hydrogen-bond donors (Lipinski definition) is 1. The van der Waals surface area contributed by atoms with Crippen molar-refractivity contribution in [3.63, 3.8) is 0 Å². The maximum atomic E-state index is 13.5. The number of carbonyl (C=O) groups excluding carboxylic acids is 2. The molecule has 7 nitrogen and oxygen atoms in total. The molecule has 2 aromatic carbocycles. The van der Waals surface area contributed by atoms with E-state index in [1.54, 1.807) is 49.4 Å². The Hall–Kier alpha value is -1.81. The van der Waals surface area contributed by atoms with Crippen LogP contribution in [0.5, 0.6) is 0 Å². The number of nitrogens with one attached hydrogen (secondary N) is 1. The summed E-state index contributed by atoms with van der Waals surface area (Å²) in [4.78, 5) is 27.8. The molecule has 0 aliphatic carbocycles. The Bertz CT molecular complexity index is 1170. The first-order valence-corrected chi connectivity index (χ1v) is 13.8. The van der Waals surface area contributed by atoms with Gasteiger partial charge in [0, 0.05) is 26.6 Å². The molecular formula is C23H28BrCl2N3O4S. The lowest BCUT2D eigenvalue weighted by molar-refractivity contribution is -0.140. The molecule has 1 atom stereocenters. The summed E-state index contributed by atoms with van der Waals surface area (Å²) in [5, 5.41) is 3.63. The van der Waals surface area contributed by atoms with Crippen molar-refractivity contribution in [1.29, 1.82) is 0 Å². The normalized spacial score (nSPS) is 12.7. The highest BCUT2D eigenvalue weighted by atomic mass is 79.9. The molecular weight excluding hydrogens is 565 g/mol. The molecule has 0 radical (unpaired) electrons. The van der Waals surface area contributed by atoms with Crippen LogP contribution in [0.25, 0.3) is 0 Å². The lowest BCUT2D eigenvalue weighted by Crippen LogP contribution is -2.54. The Morgan fingerprint density at radius 3 is 2.26 bits per heavy atom. The molecule has 34 heavy (non-hydrogen) atoms. The van der Waals surface area contributed by atoms with Crippen molar-refractivity contribution < 1.29 is 18.0 Å². The molecule has 11 heteroatoms. The molecule has 0 bridgehead atoms. The van der Waals surface area contributed by atoms with Gasteiger partial charge < -0.3 is 10.2 Å². The van der Waals surface area contributed by atoms with Crippen molar-refractivity contribution in [2.24, 2.45) is 0 Å². The van der Waals surface area contributed by atoms with Crippen LogP contribution in [-0.2, 0) is 26.2 Å². The highest BCUT2D eigenvalue weighted by Crippen LogP contribution is 2.28. The van der Waals surface area contributed by atoms with E-state index in [0.29, 0.717) is 25.8 Å².